The van der Waals surface area contributed by atoms with E-state index in [2.05, 4.69) is 14.9 Å². The van der Waals surface area contributed by atoms with Crippen LogP contribution in [-0.2, 0) is 12.8 Å². The van der Waals surface area contributed by atoms with Crippen LogP contribution in [0, 0.1) is 5.92 Å². The molecule has 2 aliphatic rings. The predicted molar refractivity (Wildman–Crippen MR) is 74.3 cm³/mol. The van der Waals surface area contributed by atoms with Crippen LogP contribution in [0.1, 0.15) is 36.9 Å². The molecule has 2 heterocycles. The SMILES string of the molecule is ClCCC1CCCN(c2ncnc3c2CCC3)C1. The third-order valence-corrected chi connectivity index (χ3v) is 4.41. The summed E-state index contributed by atoms with van der Waals surface area (Å²) in [4.78, 5) is 11.4. The van der Waals surface area contributed by atoms with Gasteiger partial charge in [-0.1, -0.05) is 0 Å². The van der Waals surface area contributed by atoms with Crippen molar-refractivity contribution in [3.05, 3.63) is 17.6 Å². The molecule has 0 bridgehead atoms. The molecule has 0 radical (unpaired) electrons. The van der Waals surface area contributed by atoms with Crippen molar-refractivity contribution >= 4 is 17.4 Å². The standard InChI is InChI=1S/C14H20ClN3/c15-7-6-11-3-2-8-18(9-11)14-12-4-1-5-13(12)16-10-17-14/h10-11H,1-9H2. The van der Waals surface area contributed by atoms with E-state index in [-0.39, 0.29) is 0 Å². The molecule has 1 aromatic rings. The van der Waals surface area contributed by atoms with Gasteiger partial charge >= 0.3 is 0 Å². The first-order valence-electron chi connectivity index (χ1n) is 7.02. The average Bonchev–Trinajstić information content (AvgIpc) is 2.87. The molecule has 0 saturated carbocycles. The van der Waals surface area contributed by atoms with Gasteiger partial charge in [0, 0.05) is 30.2 Å². The number of aromatic nitrogens is 2. The summed E-state index contributed by atoms with van der Waals surface area (Å²) in [5.74, 6) is 2.72. The van der Waals surface area contributed by atoms with Crippen molar-refractivity contribution in [2.45, 2.75) is 38.5 Å². The monoisotopic (exact) mass is 265 g/mol. The van der Waals surface area contributed by atoms with Crippen molar-refractivity contribution < 1.29 is 0 Å². The summed E-state index contributed by atoms with van der Waals surface area (Å²) < 4.78 is 0. The molecule has 1 saturated heterocycles. The van der Waals surface area contributed by atoms with Crippen LogP contribution in [0.5, 0.6) is 0 Å². The van der Waals surface area contributed by atoms with Gasteiger partial charge in [-0.25, -0.2) is 9.97 Å². The molecule has 1 aromatic heterocycles. The Morgan fingerprint density at radius 3 is 3.11 bits per heavy atom. The van der Waals surface area contributed by atoms with E-state index in [1.54, 1.807) is 6.33 Å². The maximum Gasteiger partial charge on any atom is 0.135 e. The molecule has 0 spiro atoms. The number of fused-ring (bicyclic) bond motifs is 1. The van der Waals surface area contributed by atoms with E-state index >= 15 is 0 Å². The third kappa shape index (κ3) is 2.33. The Morgan fingerprint density at radius 2 is 2.22 bits per heavy atom. The number of nitrogens with zero attached hydrogens (tertiary/aromatic N) is 3. The minimum atomic E-state index is 0.739. The van der Waals surface area contributed by atoms with Crippen molar-refractivity contribution in [2.24, 2.45) is 5.92 Å². The Hall–Kier alpha value is -0.830. The van der Waals surface area contributed by atoms with Crippen LogP contribution in [0.2, 0.25) is 0 Å². The molecule has 1 aliphatic carbocycles. The Labute approximate surface area is 114 Å². The van der Waals surface area contributed by atoms with Crippen molar-refractivity contribution in [1.29, 1.82) is 0 Å². The number of rotatable bonds is 3. The molecular formula is C14H20ClN3. The van der Waals surface area contributed by atoms with Gasteiger partial charge in [-0.15, -0.1) is 11.6 Å². The van der Waals surface area contributed by atoms with Crippen molar-refractivity contribution in [2.75, 3.05) is 23.9 Å². The molecule has 18 heavy (non-hydrogen) atoms. The Balaban J connectivity index is 1.80. The number of alkyl halides is 1. The molecule has 1 unspecified atom stereocenters. The fourth-order valence-electron chi connectivity index (χ4n) is 3.26. The van der Waals surface area contributed by atoms with E-state index in [4.69, 9.17) is 11.6 Å². The molecule has 0 N–H and O–H groups in total. The quantitative estimate of drug-likeness (QED) is 0.787. The second-order valence-corrected chi connectivity index (χ2v) is 5.79. The van der Waals surface area contributed by atoms with Crippen molar-refractivity contribution in [1.82, 2.24) is 9.97 Å². The Bertz CT molecular complexity index is 420. The molecule has 98 valence electrons. The first-order chi connectivity index (χ1) is 8.88. The maximum atomic E-state index is 5.88. The third-order valence-electron chi connectivity index (χ3n) is 4.19. The van der Waals surface area contributed by atoms with Gasteiger partial charge in [0.1, 0.15) is 12.1 Å². The average molecular weight is 266 g/mol. The van der Waals surface area contributed by atoms with Crippen LogP contribution in [0.3, 0.4) is 0 Å². The smallest absolute Gasteiger partial charge is 0.135 e. The normalized spacial score (nSPS) is 23.2. The lowest BCUT2D eigenvalue weighted by Crippen LogP contribution is -2.36. The second-order valence-electron chi connectivity index (χ2n) is 5.41. The fourth-order valence-corrected chi connectivity index (χ4v) is 3.57. The summed E-state index contributed by atoms with van der Waals surface area (Å²) in [5, 5.41) is 0. The number of anilines is 1. The highest BCUT2D eigenvalue weighted by molar-refractivity contribution is 6.17. The summed E-state index contributed by atoms with van der Waals surface area (Å²) in [6, 6.07) is 0. The Kier molecular flexibility index (Phi) is 3.69. The van der Waals surface area contributed by atoms with Crippen LogP contribution in [0.15, 0.2) is 6.33 Å². The predicted octanol–water partition coefficient (Wildman–Crippen LogP) is 2.81. The largest absolute Gasteiger partial charge is 0.356 e. The highest BCUT2D eigenvalue weighted by Gasteiger charge is 2.25. The summed E-state index contributed by atoms with van der Waals surface area (Å²) in [7, 11) is 0. The van der Waals surface area contributed by atoms with E-state index in [1.165, 1.54) is 36.3 Å². The van der Waals surface area contributed by atoms with E-state index < -0.39 is 0 Å². The van der Waals surface area contributed by atoms with Crippen molar-refractivity contribution in [3.63, 3.8) is 0 Å². The molecule has 0 amide bonds. The number of aryl methyl sites for hydroxylation is 1. The molecule has 3 rings (SSSR count). The minimum absolute atomic E-state index is 0.739. The minimum Gasteiger partial charge on any atom is -0.356 e. The zero-order chi connectivity index (χ0) is 12.4. The molecular weight excluding hydrogens is 246 g/mol. The zero-order valence-corrected chi connectivity index (χ0v) is 11.5. The number of halogens is 1. The first-order valence-corrected chi connectivity index (χ1v) is 7.55. The highest BCUT2D eigenvalue weighted by atomic mass is 35.5. The van der Waals surface area contributed by atoms with E-state index in [0.717, 1.165) is 44.1 Å². The lowest BCUT2D eigenvalue weighted by atomic mass is 9.95. The number of piperidine rings is 1. The lowest BCUT2D eigenvalue weighted by molar-refractivity contribution is 0.404. The van der Waals surface area contributed by atoms with Crippen LogP contribution in [0.25, 0.3) is 0 Å². The topological polar surface area (TPSA) is 29.0 Å². The lowest BCUT2D eigenvalue weighted by Gasteiger charge is -2.34. The van der Waals surface area contributed by atoms with E-state index in [1.807, 2.05) is 0 Å². The van der Waals surface area contributed by atoms with Gasteiger partial charge < -0.3 is 4.90 Å². The van der Waals surface area contributed by atoms with Gasteiger partial charge in [-0.3, -0.25) is 0 Å². The van der Waals surface area contributed by atoms with Crippen LogP contribution in [-0.4, -0.2) is 28.9 Å². The second kappa shape index (κ2) is 5.43. The molecule has 1 fully saturated rings. The maximum absolute atomic E-state index is 5.88. The first kappa shape index (κ1) is 12.2. The Morgan fingerprint density at radius 1 is 1.28 bits per heavy atom. The highest BCUT2D eigenvalue weighted by Crippen LogP contribution is 2.31. The van der Waals surface area contributed by atoms with E-state index in [0.29, 0.717) is 0 Å². The summed E-state index contributed by atoms with van der Waals surface area (Å²) in [6.45, 7) is 2.26. The fraction of sp³-hybridized carbons (Fsp3) is 0.714. The van der Waals surface area contributed by atoms with Crippen LogP contribution >= 0.6 is 11.6 Å². The summed E-state index contributed by atoms with van der Waals surface area (Å²) in [5.41, 5.74) is 2.68. The molecule has 1 atom stereocenters. The summed E-state index contributed by atoms with van der Waals surface area (Å²) in [6.07, 6.45) is 8.97. The van der Waals surface area contributed by atoms with Gasteiger partial charge in [0.05, 0.1) is 0 Å². The van der Waals surface area contributed by atoms with Crippen molar-refractivity contribution in [3.8, 4) is 0 Å². The van der Waals surface area contributed by atoms with Gasteiger partial charge in [0.15, 0.2) is 0 Å². The number of hydrogen-bond acceptors (Lipinski definition) is 3. The van der Waals surface area contributed by atoms with Gasteiger partial charge in [0.2, 0.25) is 0 Å². The molecule has 0 aromatic carbocycles. The van der Waals surface area contributed by atoms with Gasteiger partial charge in [-0.05, 0) is 44.4 Å². The summed E-state index contributed by atoms with van der Waals surface area (Å²) >= 11 is 5.88. The van der Waals surface area contributed by atoms with Gasteiger partial charge in [-0.2, -0.15) is 0 Å². The van der Waals surface area contributed by atoms with Crippen LogP contribution in [0.4, 0.5) is 5.82 Å². The molecule has 3 nitrogen and oxygen atoms in total. The van der Waals surface area contributed by atoms with Gasteiger partial charge in [0.25, 0.3) is 0 Å². The van der Waals surface area contributed by atoms with Crippen LogP contribution < -0.4 is 4.90 Å². The molecule has 1 aliphatic heterocycles. The number of hydrogen-bond donors (Lipinski definition) is 0. The zero-order valence-electron chi connectivity index (χ0n) is 10.7. The van der Waals surface area contributed by atoms with E-state index in [9.17, 15) is 0 Å². The molecule has 4 heteroatoms.